The fourth-order valence-electron chi connectivity index (χ4n) is 3.26. The second-order valence-corrected chi connectivity index (χ2v) is 8.48. The number of halogens is 3. The van der Waals surface area contributed by atoms with Crippen LogP contribution in [0.2, 0.25) is 0 Å². The quantitative estimate of drug-likeness (QED) is 0.580. The summed E-state index contributed by atoms with van der Waals surface area (Å²) in [5, 5.41) is 4.02. The molecular weight excluding hydrogens is 453 g/mol. The Morgan fingerprint density at radius 2 is 2.11 bits per heavy atom. The Morgan fingerprint density at radius 3 is 2.74 bits per heavy atom. The van der Waals surface area contributed by atoms with E-state index in [1.54, 1.807) is 6.20 Å². The minimum absolute atomic E-state index is 0.104. The molecular formula is C18H24BrCl2N5O. The highest BCUT2D eigenvalue weighted by Gasteiger charge is 2.31. The lowest BCUT2D eigenvalue weighted by Gasteiger charge is -2.33. The average Bonchev–Trinajstić information content (AvgIpc) is 3.45. The Kier molecular flexibility index (Phi) is 7.25. The molecule has 0 bridgehead atoms. The van der Waals surface area contributed by atoms with Gasteiger partial charge in [0, 0.05) is 49.2 Å². The minimum atomic E-state index is 0.104. The average molecular weight is 477 g/mol. The number of carbonyl (C=O) groups is 1. The first-order chi connectivity index (χ1) is 13.0. The van der Waals surface area contributed by atoms with Crippen molar-refractivity contribution < 1.29 is 4.79 Å². The first-order valence-electron chi connectivity index (χ1n) is 9.14. The normalized spacial score (nSPS) is 19.6. The van der Waals surface area contributed by atoms with Gasteiger partial charge in [0.2, 0.25) is 5.91 Å². The van der Waals surface area contributed by atoms with Crippen LogP contribution in [-0.4, -0.2) is 46.8 Å². The van der Waals surface area contributed by atoms with E-state index in [-0.39, 0.29) is 17.9 Å². The standard InChI is InChI=1S/C16H20BrN5O.C2H4Cl2/c17-11-6-19-15-13(14(11)22-5-1-2-10(18)8-22)12(7-20-15)21-16(23)9-3-4-9;3-1-2-4/h6-7,9-10H,1-5,8,18H2,(H,19,20)(H,21,23);1-2H2. The summed E-state index contributed by atoms with van der Waals surface area (Å²) in [4.78, 5) is 22.0. The van der Waals surface area contributed by atoms with Crippen LogP contribution in [0.1, 0.15) is 25.7 Å². The van der Waals surface area contributed by atoms with Gasteiger partial charge in [0.1, 0.15) is 5.65 Å². The topological polar surface area (TPSA) is 87.0 Å². The van der Waals surface area contributed by atoms with Crippen LogP contribution in [0.25, 0.3) is 11.0 Å². The van der Waals surface area contributed by atoms with Gasteiger partial charge in [-0.15, -0.1) is 23.2 Å². The van der Waals surface area contributed by atoms with Gasteiger partial charge in [0.05, 0.1) is 21.2 Å². The zero-order chi connectivity index (χ0) is 19.4. The molecule has 4 N–H and O–H groups in total. The summed E-state index contributed by atoms with van der Waals surface area (Å²) in [7, 11) is 0. The van der Waals surface area contributed by atoms with E-state index < -0.39 is 0 Å². The van der Waals surface area contributed by atoms with Crippen LogP contribution in [0.15, 0.2) is 16.9 Å². The second-order valence-electron chi connectivity index (χ2n) is 6.87. The number of H-pyrrole nitrogens is 1. The highest BCUT2D eigenvalue weighted by molar-refractivity contribution is 9.10. The van der Waals surface area contributed by atoms with Crippen molar-refractivity contribution in [3.63, 3.8) is 0 Å². The monoisotopic (exact) mass is 475 g/mol. The number of hydrogen-bond donors (Lipinski definition) is 3. The van der Waals surface area contributed by atoms with Crippen LogP contribution in [0.5, 0.6) is 0 Å². The molecule has 3 heterocycles. The highest BCUT2D eigenvalue weighted by atomic mass is 79.9. The number of piperidine rings is 1. The first kappa shape index (κ1) is 20.7. The molecule has 2 aromatic heterocycles. The maximum atomic E-state index is 12.2. The molecule has 1 aliphatic carbocycles. The summed E-state index contributed by atoms with van der Waals surface area (Å²) in [5.74, 6) is 1.39. The Morgan fingerprint density at radius 1 is 1.37 bits per heavy atom. The lowest BCUT2D eigenvalue weighted by Crippen LogP contribution is -2.43. The number of nitrogens with one attached hydrogen (secondary N) is 2. The molecule has 2 aliphatic rings. The number of anilines is 2. The van der Waals surface area contributed by atoms with E-state index in [2.05, 4.69) is 36.1 Å². The van der Waals surface area contributed by atoms with Gasteiger partial charge in [-0.2, -0.15) is 0 Å². The summed E-state index contributed by atoms with van der Waals surface area (Å²) < 4.78 is 0.931. The summed E-state index contributed by atoms with van der Waals surface area (Å²) in [6.45, 7) is 1.78. The number of hydrogen-bond acceptors (Lipinski definition) is 4. The molecule has 27 heavy (non-hydrogen) atoms. The summed E-state index contributed by atoms with van der Waals surface area (Å²) >= 11 is 13.7. The fraction of sp³-hybridized carbons (Fsp3) is 0.556. The van der Waals surface area contributed by atoms with Gasteiger partial charge in [-0.25, -0.2) is 4.98 Å². The van der Waals surface area contributed by atoms with Crippen molar-refractivity contribution in [2.75, 3.05) is 35.1 Å². The molecule has 2 fully saturated rings. The van der Waals surface area contributed by atoms with Crippen LogP contribution < -0.4 is 16.0 Å². The molecule has 4 rings (SSSR count). The van der Waals surface area contributed by atoms with Crippen molar-refractivity contribution in [2.45, 2.75) is 31.7 Å². The van der Waals surface area contributed by atoms with Crippen LogP contribution in [-0.2, 0) is 4.79 Å². The molecule has 1 atom stereocenters. The van der Waals surface area contributed by atoms with Gasteiger partial charge in [0.25, 0.3) is 0 Å². The molecule has 1 saturated heterocycles. The summed E-state index contributed by atoms with van der Waals surface area (Å²) in [6.07, 6.45) is 7.75. The second kappa shape index (κ2) is 9.45. The number of fused-ring (bicyclic) bond motifs is 1. The number of aromatic nitrogens is 2. The fourth-order valence-corrected chi connectivity index (χ4v) is 3.81. The van der Waals surface area contributed by atoms with E-state index in [0.717, 1.165) is 65.7 Å². The van der Waals surface area contributed by atoms with Crippen molar-refractivity contribution >= 4 is 67.4 Å². The number of amides is 1. The van der Waals surface area contributed by atoms with Gasteiger partial charge in [-0.05, 0) is 41.6 Å². The molecule has 9 heteroatoms. The van der Waals surface area contributed by atoms with E-state index in [1.807, 2.05) is 6.20 Å². The molecule has 2 aromatic rings. The Hall–Kier alpha value is -1.02. The molecule has 148 valence electrons. The molecule has 6 nitrogen and oxygen atoms in total. The Bertz CT molecular complexity index is 793. The molecule has 1 saturated carbocycles. The SMILES string of the molecule is ClCCCl.NC1CCCN(c2c(Br)cnc3[nH]cc(NC(=O)C4CC4)c23)C1. The molecule has 1 amide bonds. The largest absolute Gasteiger partial charge is 0.368 e. The van der Waals surface area contributed by atoms with Crippen molar-refractivity contribution in [3.8, 4) is 0 Å². The molecule has 0 radical (unpaired) electrons. The number of rotatable bonds is 4. The van der Waals surface area contributed by atoms with E-state index in [0.29, 0.717) is 11.8 Å². The number of aromatic amines is 1. The number of nitrogens with two attached hydrogens (primary N) is 1. The molecule has 1 aliphatic heterocycles. The third-order valence-electron chi connectivity index (χ3n) is 4.68. The molecule has 0 aromatic carbocycles. The van der Waals surface area contributed by atoms with Gasteiger partial charge in [0.15, 0.2) is 0 Å². The zero-order valence-electron chi connectivity index (χ0n) is 15.0. The van der Waals surface area contributed by atoms with E-state index >= 15 is 0 Å². The summed E-state index contributed by atoms with van der Waals surface area (Å²) in [6, 6.07) is 0.183. The smallest absolute Gasteiger partial charge is 0.227 e. The highest BCUT2D eigenvalue weighted by Crippen LogP contribution is 2.39. The third-order valence-corrected chi connectivity index (χ3v) is 5.83. The molecule has 1 unspecified atom stereocenters. The number of carbonyl (C=O) groups excluding carboxylic acids is 1. The van der Waals surface area contributed by atoms with E-state index in [9.17, 15) is 4.79 Å². The maximum Gasteiger partial charge on any atom is 0.227 e. The number of nitrogens with zero attached hydrogens (tertiary/aromatic N) is 2. The Balaban J connectivity index is 0.000000481. The lowest BCUT2D eigenvalue weighted by molar-refractivity contribution is -0.117. The first-order valence-corrected chi connectivity index (χ1v) is 11.0. The van der Waals surface area contributed by atoms with Gasteiger partial charge in [-0.3, -0.25) is 4.79 Å². The molecule has 0 spiro atoms. The van der Waals surface area contributed by atoms with Gasteiger partial charge < -0.3 is 20.9 Å². The van der Waals surface area contributed by atoms with Crippen LogP contribution >= 0.6 is 39.1 Å². The number of pyridine rings is 1. The van der Waals surface area contributed by atoms with Crippen LogP contribution in [0.3, 0.4) is 0 Å². The van der Waals surface area contributed by atoms with Crippen LogP contribution in [0.4, 0.5) is 11.4 Å². The zero-order valence-corrected chi connectivity index (χ0v) is 18.1. The lowest BCUT2D eigenvalue weighted by atomic mass is 10.1. The van der Waals surface area contributed by atoms with Gasteiger partial charge in [-0.1, -0.05) is 0 Å². The van der Waals surface area contributed by atoms with Crippen molar-refractivity contribution in [1.29, 1.82) is 0 Å². The van der Waals surface area contributed by atoms with Crippen molar-refractivity contribution in [2.24, 2.45) is 11.7 Å². The summed E-state index contributed by atoms with van der Waals surface area (Å²) in [5.41, 5.74) is 8.81. The minimum Gasteiger partial charge on any atom is -0.368 e. The van der Waals surface area contributed by atoms with Crippen molar-refractivity contribution in [3.05, 3.63) is 16.9 Å². The predicted octanol–water partition coefficient (Wildman–Crippen LogP) is 4.07. The van der Waals surface area contributed by atoms with Crippen molar-refractivity contribution in [1.82, 2.24) is 9.97 Å². The number of alkyl halides is 2. The van der Waals surface area contributed by atoms with Crippen LogP contribution in [0, 0.1) is 5.92 Å². The Labute approximate surface area is 177 Å². The third kappa shape index (κ3) is 5.08. The van der Waals surface area contributed by atoms with Gasteiger partial charge >= 0.3 is 0 Å². The van der Waals surface area contributed by atoms with E-state index in [4.69, 9.17) is 28.9 Å². The van der Waals surface area contributed by atoms with E-state index in [1.165, 1.54) is 0 Å². The predicted molar refractivity (Wildman–Crippen MR) is 116 cm³/mol. The maximum absolute atomic E-state index is 12.2.